The number of amides is 2. The van der Waals surface area contributed by atoms with Crippen molar-refractivity contribution >= 4 is 17.6 Å². The molecule has 8 nitrogen and oxygen atoms in total. The van der Waals surface area contributed by atoms with Crippen LogP contribution in [-0.4, -0.2) is 63.3 Å². The molecule has 3 heterocycles. The van der Waals surface area contributed by atoms with Gasteiger partial charge < -0.3 is 20.1 Å². The van der Waals surface area contributed by atoms with Gasteiger partial charge in [0.15, 0.2) is 11.4 Å². The first-order valence-electron chi connectivity index (χ1n) is 11.6. The number of nitrogens with zero attached hydrogens (tertiary/aromatic N) is 3. The van der Waals surface area contributed by atoms with Crippen molar-refractivity contribution in [2.45, 2.75) is 50.4 Å². The fourth-order valence-electron chi connectivity index (χ4n) is 4.70. The summed E-state index contributed by atoms with van der Waals surface area (Å²) in [7, 11) is 0. The Bertz CT molecular complexity index is 1030. The molecule has 188 valence electrons. The molecule has 2 atom stereocenters. The number of rotatable bonds is 6. The van der Waals surface area contributed by atoms with Crippen LogP contribution in [0.25, 0.3) is 0 Å². The van der Waals surface area contributed by atoms with Gasteiger partial charge in [0.1, 0.15) is 12.4 Å². The van der Waals surface area contributed by atoms with Crippen molar-refractivity contribution in [3.8, 4) is 5.75 Å². The Hall–Kier alpha value is -3.21. The minimum atomic E-state index is -4.24. The predicted octanol–water partition coefficient (Wildman–Crippen LogP) is 3.44. The van der Waals surface area contributed by atoms with E-state index in [1.54, 1.807) is 30.3 Å². The second-order valence-electron chi connectivity index (χ2n) is 8.95. The number of carbonyl (C=O) groups is 2. The molecule has 1 saturated carbocycles. The summed E-state index contributed by atoms with van der Waals surface area (Å²) in [6.45, 7) is 0.113. The third kappa shape index (κ3) is 6.08. The van der Waals surface area contributed by atoms with E-state index in [1.165, 1.54) is 17.3 Å². The van der Waals surface area contributed by atoms with Gasteiger partial charge in [0.2, 0.25) is 5.91 Å². The number of aliphatic hydroxyl groups excluding tert-OH is 1. The fourth-order valence-corrected chi connectivity index (χ4v) is 4.70. The van der Waals surface area contributed by atoms with Gasteiger partial charge in [-0.2, -0.15) is 13.2 Å². The maximum Gasteiger partial charge on any atom is 0.391 e. The Morgan fingerprint density at radius 3 is 2.51 bits per heavy atom. The van der Waals surface area contributed by atoms with Crippen molar-refractivity contribution in [3.05, 3.63) is 48.4 Å². The Kier molecular flexibility index (Phi) is 7.54. The van der Waals surface area contributed by atoms with Crippen molar-refractivity contribution in [1.82, 2.24) is 14.9 Å². The number of alkyl halides is 3. The van der Waals surface area contributed by atoms with Crippen molar-refractivity contribution in [2.24, 2.45) is 11.8 Å². The van der Waals surface area contributed by atoms with Gasteiger partial charge in [-0.1, -0.05) is 6.07 Å². The number of aromatic nitrogens is 2. The number of nitrogens with one attached hydrogen (secondary N) is 1. The molecular weight excluding hydrogens is 465 g/mol. The summed E-state index contributed by atoms with van der Waals surface area (Å²) in [5.74, 6) is -2.07. The second kappa shape index (κ2) is 10.6. The molecule has 2 aromatic rings. The average Bonchev–Trinajstić information content (AvgIpc) is 3.23. The molecule has 1 aliphatic heterocycles. The highest BCUT2D eigenvalue weighted by atomic mass is 19.4. The molecule has 0 aromatic carbocycles. The molecule has 4 rings (SSSR count). The number of ether oxygens (including phenoxy) is 1. The monoisotopic (exact) mass is 492 g/mol. The first-order valence-corrected chi connectivity index (χ1v) is 11.6. The number of anilines is 1. The lowest BCUT2D eigenvalue weighted by molar-refractivity contribution is -0.185. The van der Waals surface area contributed by atoms with Gasteiger partial charge in [-0.25, -0.2) is 9.97 Å². The number of pyridine rings is 2. The normalized spacial score (nSPS) is 24.7. The number of halogens is 3. The zero-order valence-corrected chi connectivity index (χ0v) is 18.9. The Morgan fingerprint density at radius 2 is 1.83 bits per heavy atom. The Balaban J connectivity index is 1.38. The van der Waals surface area contributed by atoms with Gasteiger partial charge in [0.25, 0.3) is 5.91 Å². The van der Waals surface area contributed by atoms with Crippen LogP contribution in [0.5, 0.6) is 5.75 Å². The van der Waals surface area contributed by atoms with Crippen LogP contribution in [-0.2, 0) is 4.79 Å². The van der Waals surface area contributed by atoms with Crippen LogP contribution < -0.4 is 10.1 Å². The van der Waals surface area contributed by atoms with E-state index >= 15 is 0 Å². The van der Waals surface area contributed by atoms with Crippen LogP contribution in [0.15, 0.2) is 42.7 Å². The number of aliphatic hydroxyl groups is 1. The molecule has 2 aromatic heterocycles. The molecule has 0 unspecified atom stereocenters. The van der Waals surface area contributed by atoms with Gasteiger partial charge >= 0.3 is 6.18 Å². The van der Waals surface area contributed by atoms with Gasteiger partial charge in [-0.3, -0.25) is 9.59 Å². The molecule has 2 N–H and O–H groups in total. The van der Waals surface area contributed by atoms with Crippen LogP contribution in [0.4, 0.5) is 19.0 Å². The summed E-state index contributed by atoms with van der Waals surface area (Å²) in [5.41, 5.74) is 0.0417. The van der Waals surface area contributed by atoms with Crippen molar-refractivity contribution < 1.29 is 32.6 Å². The molecule has 35 heavy (non-hydrogen) atoms. The van der Waals surface area contributed by atoms with E-state index in [9.17, 15) is 27.9 Å². The van der Waals surface area contributed by atoms with Crippen LogP contribution in [0.3, 0.4) is 0 Å². The first-order chi connectivity index (χ1) is 16.7. The molecule has 0 spiro atoms. The molecule has 2 fully saturated rings. The molecule has 2 amide bonds. The van der Waals surface area contributed by atoms with E-state index in [1.807, 2.05) is 0 Å². The summed E-state index contributed by atoms with van der Waals surface area (Å²) in [6, 6.07) is 7.80. The fraction of sp³-hybridized carbons (Fsp3) is 0.500. The number of likely N-dealkylation sites (tertiary alicyclic amines) is 1. The number of β-amino-alcohol motifs (C(OH)–C–C–N with tert-alkyl or cyclic N) is 1. The lowest BCUT2D eigenvalue weighted by Gasteiger charge is -2.33. The minimum Gasteiger partial charge on any atom is -0.489 e. The first kappa shape index (κ1) is 24.9. The SMILES string of the molecule is O=C(Nc1ccccn1)c1ncccc1OC[C@H]1C[C@@H](O)CN1C(=O)C1CCC(C(F)(F)F)CC1. The molecule has 1 aliphatic carbocycles. The van der Waals surface area contributed by atoms with E-state index in [0.717, 1.165) is 0 Å². The van der Waals surface area contributed by atoms with E-state index in [4.69, 9.17) is 4.74 Å². The zero-order chi connectivity index (χ0) is 25.0. The largest absolute Gasteiger partial charge is 0.489 e. The highest BCUT2D eigenvalue weighted by Gasteiger charge is 2.44. The average molecular weight is 492 g/mol. The van der Waals surface area contributed by atoms with Gasteiger partial charge in [0, 0.05) is 24.9 Å². The molecule has 0 bridgehead atoms. The highest BCUT2D eigenvalue weighted by Crippen LogP contribution is 2.40. The third-order valence-electron chi connectivity index (χ3n) is 6.54. The maximum atomic E-state index is 13.1. The summed E-state index contributed by atoms with van der Waals surface area (Å²) >= 11 is 0. The Labute approximate surface area is 200 Å². The standard InChI is InChI=1S/C24H27F3N4O4/c25-24(26,27)16-8-6-15(7-9-16)23(34)31-13-18(32)12-17(31)14-35-19-4-3-11-29-21(19)22(33)30-20-5-1-2-10-28-20/h1-5,10-11,15-18,32H,6-9,12-14H2,(H,28,30,33)/t15?,16?,17-,18-/m1/s1. The van der Waals surface area contributed by atoms with Crippen molar-refractivity contribution in [2.75, 3.05) is 18.5 Å². The predicted molar refractivity (Wildman–Crippen MR) is 120 cm³/mol. The molecule has 11 heteroatoms. The number of hydrogen-bond donors (Lipinski definition) is 2. The van der Waals surface area contributed by atoms with E-state index in [0.29, 0.717) is 5.82 Å². The molecular formula is C24H27F3N4O4. The smallest absolute Gasteiger partial charge is 0.391 e. The van der Waals surface area contributed by atoms with Crippen molar-refractivity contribution in [1.29, 1.82) is 0 Å². The number of hydrogen-bond acceptors (Lipinski definition) is 6. The quantitative estimate of drug-likeness (QED) is 0.640. The molecule has 0 radical (unpaired) electrons. The topological polar surface area (TPSA) is 105 Å². The van der Waals surface area contributed by atoms with Crippen LogP contribution >= 0.6 is 0 Å². The third-order valence-corrected chi connectivity index (χ3v) is 6.54. The maximum absolute atomic E-state index is 13.1. The van der Waals surface area contributed by atoms with Gasteiger partial charge in [-0.15, -0.1) is 0 Å². The zero-order valence-electron chi connectivity index (χ0n) is 18.9. The van der Waals surface area contributed by atoms with E-state index in [-0.39, 0.29) is 62.6 Å². The number of carbonyl (C=O) groups excluding carboxylic acids is 2. The van der Waals surface area contributed by atoms with Crippen LogP contribution in [0.1, 0.15) is 42.6 Å². The second-order valence-corrected chi connectivity index (χ2v) is 8.95. The molecule has 1 saturated heterocycles. The Morgan fingerprint density at radius 1 is 1.09 bits per heavy atom. The van der Waals surface area contributed by atoms with Gasteiger partial charge in [-0.05, 0) is 56.4 Å². The van der Waals surface area contributed by atoms with Crippen LogP contribution in [0.2, 0.25) is 0 Å². The van der Waals surface area contributed by atoms with E-state index in [2.05, 4.69) is 15.3 Å². The lowest BCUT2D eigenvalue weighted by Crippen LogP contribution is -2.44. The van der Waals surface area contributed by atoms with E-state index < -0.39 is 36.1 Å². The summed E-state index contributed by atoms with van der Waals surface area (Å²) in [4.78, 5) is 35.4. The summed E-state index contributed by atoms with van der Waals surface area (Å²) in [6.07, 6.45) is -1.51. The lowest BCUT2D eigenvalue weighted by atomic mass is 9.81. The highest BCUT2D eigenvalue weighted by molar-refractivity contribution is 6.04. The molecule has 2 aliphatic rings. The summed E-state index contributed by atoms with van der Waals surface area (Å²) < 4.78 is 44.8. The van der Waals surface area contributed by atoms with Crippen molar-refractivity contribution in [3.63, 3.8) is 0 Å². The minimum absolute atomic E-state index is 0.0102. The summed E-state index contributed by atoms with van der Waals surface area (Å²) in [5, 5.41) is 12.8. The van der Waals surface area contributed by atoms with Gasteiger partial charge in [0.05, 0.1) is 18.1 Å². The van der Waals surface area contributed by atoms with Crippen LogP contribution in [0, 0.1) is 11.8 Å².